The Morgan fingerprint density at radius 3 is 2.60 bits per heavy atom. The van der Waals surface area contributed by atoms with Crippen molar-refractivity contribution in [3.8, 4) is 0 Å². The van der Waals surface area contributed by atoms with Crippen molar-refractivity contribution in [1.82, 2.24) is 0 Å². The summed E-state index contributed by atoms with van der Waals surface area (Å²) in [4.78, 5) is 9.63. The molecule has 0 aliphatic heterocycles. The number of anilines is 1. The summed E-state index contributed by atoms with van der Waals surface area (Å²) in [5.74, 6) is 0. The highest BCUT2D eigenvalue weighted by Gasteiger charge is 2.35. The van der Waals surface area contributed by atoms with Crippen LogP contribution in [0.1, 0.15) is 5.56 Å². The summed E-state index contributed by atoms with van der Waals surface area (Å²) in [7, 11) is 1.34. The molecule has 0 radical (unpaired) electrons. The number of ether oxygens (including phenoxy) is 1. The monoisotopic (exact) mass is 294 g/mol. The maximum Gasteiger partial charge on any atom is 0.418 e. The van der Waals surface area contributed by atoms with E-state index in [-0.39, 0.29) is 12.3 Å². The molecule has 112 valence electrons. The van der Waals surface area contributed by atoms with E-state index in [1.165, 1.54) is 7.11 Å². The molecule has 20 heavy (non-hydrogen) atoms. The Morgan fingerprint density at radius 1 is 1.50 bits per heavy atom. The smallest absolute Gasteiger partial charge is 0.394 e. The summed E-state index contributed by atoms with van der Waals surface area (Å²) in [6, 6.07) is 1.62. The van der Waals surface area contributed by atoms with E-state index in [9.17, 15) is 23.3 Å². The normalized spacial score (nSPS) is 13.1. The van der Waals surface area contributed by atoms with Gasteiger partial charge in [0.25, 0.3) is 5.69 Å². The van der Waals surface area contributed by atoms with Crippen LogP contribution >= 0.6 is 0 Å². The Kier molecular flexibility index (Phi) is 5.28. The first-order chi connectivity index (χ1) is 9.29. The molecule has 0 fully saturated rings. The van der Waals surface area contributed by atoms with Gasteiger partial charge in [0.05, 0.1) is 29.7 Å². The van der Waals surface area contributed by atoms with Crippen LogP contribution in [0.25, 0.3) is 0 Å². The molecule has 1 atom stereocenters. The summed E-state index contributed by atoms with van der Waals surface area (Å²) in [5, 5.41) is 22.0. The number of nitrogens with zero attached hydrogens (tertiary/aromatic N) is 1. The van der Waals surface area contributed by atoms with E-state index in [0.29, 0.717) is 6.07 Å². The van der Waals surface area contributed by atoms with Crippen molar-refractivity contribution in [3.05, 3.63) is 33.9 Å². The number of alkyl halides is 3. The first-order valence-electron chi connectivity index (χ1n) is 5.51. The lowest BCUT2D eigenvalue weighted by atomic mass is 10.1. The number of halogens is 3. The van der Waals surface area contributed by atoms with Gasteiger partial charge >= 0.3 is 6.18 Å². The average Bonchev–Trinajstić information content (AvgIpc) is 2.37. The number of nitro benzene ring substituents is 1. The molecule has 1 aromatic rings. The van der Waals surface area contributed by atoms with Crippen LogP contribution in [0.5, 0.6) is 0 Å². The summed E-state index contributed by atoms with van der Waals surface area (Å²) in [6.45, 7) is -0.451. The zero-order valence-electron chi connectivity index (χ0n) is 10.5. The minimum Gasteiger partial charge on any atom is -0.394 e. The molecule has 0 amide bonds. The Labute approximate surface area is 112 Å². The Hall–Kier alpha value is -1.87. The molecule has 0 spiro atoms. The molecule has 9 heteroatoms. The molecular formula is C11H13F3N2O4. The zero-order valence-corrected chi connectivity index (χ0v) is 10.5. The first kappa shape index (κ1) is 16.2. The first-order valence-corrected chi connectivity index (χ1v) is 5.51. The Balaban J connectivity index is 3.15. The predicted molar refractivity (Wildman–Crippen MR) is 64.5 cm³/mol. The molecule has 0 bridgehead atoms. The third kappa shape index (κ3) is 4.07. The molecule has 1 aromatic carbocycles. The van der Waals surface area contributed by atoms with Crippen LogP contribution in [0.4, 0.5) is 24.5 Å². The molecule has 2 N–H and O–H groups in total. The van der Waals surface area contributed by atoms with E-state index in [1.807, 2.05) is 0 Å². The van der Waals surface area contributed by atoms with Gasteiger partial charge in [-0.05, 0) is 6.07 Å². The second-order valence-corrected chi connectivity index (χ2v) is 3.96. The van der Waals surface area contributed by atoms with Crippen molar-refractivity contribution in [2.45, 2.75) is 12.2 Å². The van der Waals surface area contributed by atoms with Crippen molar-refractivity contribution < 1.29 is 27.9 Å². The van der Waals surface area contributed by atoms with Crippen LogP contribution in [0.3, 0.4) is 0 Å². The maximum atomic E-state index is 12.9. The lowest BCUT2D eigenvalue weighted by Crippen LogP contribution is -2.29. The molecule has 1 unspecified atom stereocenters. The van der Waals surface area contributed by atoms with Crippen LogP contribution in [-0.4, -0.2) is 36.4 Å². The third-order valence-corrected chi connectivity index (χ3v) is 2.47. The zero-order chi connectivity index (χ0) is 15.3. The van der Waals surface area contributed by atoms with Gasteiger partial charge in [0.2, 0.25) is 0 Å². The second kappa shape index (κ2) is 6.53. The fourth-order valence-corrected chi connectivity index (χ4v) is 1.57. The number of aliphatic hydroxyl groups is 1. The van der Waals surface area contributed by atoms with Crippen molar-refractivity contribution in [1.29, 1.82) is 0 Å². The molecular weight excluding hydrogens is 281 g/mol. The van der Waals surface area contributed by atoms with Crippen molar-refractivity contribution in [2.24, 2.45) is 0 Å². The number of nitrogens with one attached hydrogen (secondary N) is 1. The van der Waals surface area contributed by atoms with Crippen molar-refractivity contribution in [2.75, 3.05) is 25.6 Å². The van der Waals surface area contributed by atoms with E-state index in [2.05, 4.69) is 5.32 Å². The van der Waals surface area contributed by atoms with Gasteiger partial charge in [-0.1, -0.05) is 0 Å². The van der Waals surface area contributed by atoms with E-state index in [0.717, 1.165) is 12.1 Å². The van der Waals surface area contributed by atoms with Gasteiger partial charge in [0, 0.05) is 24.9 Å². The second-order valence-electron chi connectivity index (χ2n) is 3.96. The fourth-order valence-electron chi connectivity index (χ4n) is 1.57. The van der Waals surface area contributed by atoms with E-state index >= 15 is 0 Å². The number of rotatable bonds is 6. The minimum absolute atomic E-state index is 0.00914. The van der Waals surface area contributed by atoms with Gasteiger partial charge in [0.15, 0.2) is 0 Å². The third-order valence-electron chi connectivity index (χ3n) is 2.47. The molecule has 0 saturated heterocycles. The Morgan fingerprint density at radius 2 is 2.15 bits per heavy atom. The largest absolute Gasteiger partial charge is 0.418 e. The van der Waals surface area contributed by atoms with Crippen molar-refractivity contribution in [3.63, 3.8) is 0 Å². The van der Waals surface area contributed by atoms with E-state index < -0.39 is 35.0 Å². The molecule has 0 heterocycles. The fraction of sp³-hybridized carbons (Fsp3) is 0.455. The van der Waals surface area contributed by atoms with Crippen LogP contribution in [0, 0.1) is 10.1 Å². The highest BCUT2D eigenvalue weighted by atomic mass is 19.4. The SMILES string of the molecule is COCC(CO)Nc1ccc([N+](=O)[O-])cc1C(F)(F)F. The van der Waals surface area contributed by atoms with E-state index in [4.69, 9.17) is 9.84 Å². The van der Waals surface area contributed by atoms with Gasteiger partial charge in [-0.3, -0.25) is 10.1 Å². The van der Waals surface area contributed by atoms with Crippen LogP contribution < -0.4 is 5.32 Å². The molecule has 6 nitrogen and oxygen atoms in total. The summed E-state index contributed by atoms with van der Waals surface area (Å²) >= 11 is 0. The molecule has 0 saturated carbocycles. The van der Waals surface area contributed by atoms with Crippen LogP contribution in [0.2, 0.25) is 0 Å². The molecule has 0 aromatic heterocycles. The number of aliphatic hydroxyl groups excluding tert-OH is 1. The number of methoxy groups -OCH3 is 1. The average molecular weight is 294 g/mol. The van der Waals surface area contributed by atoms with Crippen LogP contribution in [0.15, 0.2) is 18.2 Å². The summed E-state index contributed by atoms with van der Waals surface area (Å²) in [5.41, 5.74) is -2.17. The summed E-state index contributed by atoms with van der Waals surface area (Å²) < 4.78 is 43.4. The highest BCUT2D eigenvalue weighted by molar-refractivity contribution is 5.57. The summed E-state index contributed by atoms with van der Waals surface area (Å²) in [6.07, 6.45) is -4.75. The molecule has 0 aliphatic rings. The standard InChI is InChI=1S/C11H13F3N2O4/c1-20-6-7(5-17)15-10-3-2-8(16(18)19)4-9(10)11(12,13)14/h2-4,7,15,17H,5-6H2,1H3. The number of benzene rings is 1. The van der Waals surface area contributed by atoms with Gasteiger partial charge < -0.3 is 15.2 Å². The highest BCUT2D eigenvalue weighted by Crippen LogP contribution is 2.37. The Bertz CT molecular complexity index is 479. The van der Waals surface area contributed by atoms with Gasteiger partial charge in [-0.2, -0.15) is 13.2 Å². The topological polar surface area (TPSA) is 84.6 Å². The quantitative estimate of drug-likeness (QED) is 0.619. The molecule has 0 aliphatic carbocycles. The lowest BCUT2D eigenvalue weighted by molar-refractivity contribution is -0.385. The van der Waals surface area contributed by atoms with Gasteiger partial charge in [-0.25, -0.2) is 0 Å². The van der Waals surface area contributed by atoms with Gasteiger partial charge in [0.1, 0.15) is 0 Å². The van der Waals surface area contributed by atoms with E-state index in [1.54, 1.807) is 0 Å². The lowest BCUT2D eigenvalue weighted by Gasteiger charge is -2.20. The molecule has 1 rings (SSSR count). The van der Waals surface area contributed by atoms with Gasteiger partial charge in [-0.15, -0.1) is 0 Å². The number of nitro groups is 1. The predicted octanol–water partition coefficient (Wildman–Crippen LogP) is 2.03. The number of non-ortho nitro benzene ring substituents is 1. The number of hydrogen-bond donors (Lipinski definition) is 2. The maximum absolute atomic E-state index is 12.9. The number of hydrogen-bond acceptors (Lipinski definition) is 5. The minimum atomic E-state index is -4.75. The van der Waals surface area contributed by atoms with Crippen LogP contribution in [-0.2, 0) is 10.9 Å². The van der Waals surface area contributed by atoms with Crippen molar-refractivity contribution >= 4 is 11.4 Å².